The van der Waals surface area contributed by atoms with Crippen molar-refractivity contribution in [3.63, 3.8) is 0 Å². The summed E-state index contributed by atoms with van der Waals surface area (Å²) >= 11 is 1.74. The van der Waals surface area contributed by atoms with Gasteiger partial charge in [-0.3, -0.25) is 9.69 Å². The summed E-state index contributed by atoms with van der Waals surface area (Å²) in [7, 11) is 0. The zero-order chi connectivity index (χ0) is 19.1. The van der Waals surface area contributed by atoms with E-state index in [2.05, 4.69) is 55.2 Å². The van der Waals surface area contributed by atoms with Gasteiger partial charge in [-0.15, -0.1) is 11.3 Å². The molecule has 8 heteroatoms. The van der Waals surface area contributed by atoms with Gasteiger partial charge in [0.1, 0.15) is 0 Å². The van der Waals surface area contributed by atoms with Gasteiger partial charge >= 0.3 is 0 Å². The van der Waals surface area contributed by atoms with Crippen LogP contribution in [0.3, 0.4) is 0 Å². The predicted molar refractivity (Wildman–Crippen MR) is 110 cm³/mol. The van der Waals surface area contributed by atoms with Crippen molar-refractivity contribution in [3.8, 4) is 0 Å². The van der Waals surface area contributed by atoms with Crippen molar-refractivity contribution in [3.05, 3.63) is 46.2 Å². The number of aryl methyl sites for hydroxylation is 1. The maximum Gasteiger partial charge on any atom is 0.254 e. The Morgan fingerprint density at radius 2 is 2.04 bits per heavy atom. The second-order valence-corrected chi connectivity index (χ2v) is 8.57. The minimum atomic E-state index is -0.0649. The molecule has 1 aromatic carbocycles. The number of hydrogen-bond donors (Lipinski definition) is 1. The molecule has 0 spiro atoms. The standard InChI is InChI=1S/C20H22N6OS/c1-13-23-17-10-14(2-3-18(17)28-13)12-25-6-8-26(9-7-25)20-22-11-15-16(24-20)4-5-21-19(15)27/h2-3,10-11H,4-9,12H2,1H3,(H,21,27). The fourth-order valence-corrected chi connectivity index (χ4v) is 4.69. The van der Waals surface area contributed by atoms with E-state index in [1.165, 1.54) is 10.3 Å². The molecular formula is C20H22N6OS. The van der Waals surface area contributed by atoms with Gasteiger partial charge in [-0.1, -0.05) is 6.07 Å². The largest absolute Gasteiger partial charge is 0.352 e. The maximum absolute atomic E-state index is 11.9. The van der Waals surface area contributed by atoms with Gasteiger partial charge in [-0.2, -0.15) is 0 Å². The van der Waals surface area contributed by atoms with Crippen LogP contribution in [0, 0.1) is 6.92 Å². The van der Waals surface area contributed by atoms with Crippen LogP contribution in [-0.4, -0.2) is 58.5 Å². The topological polar surface area (TPSA) is 74.2 Å². The zero-order valence-corrected chi connectivity index (χ0v) is 16.6. The number of nitrogens with zero attached hydrogens (tertiary/aromatic N) is 5. The van der Waals surface area contributed by atoms with Crippen LogP contribution in [0.5, 0.6) is 0 Å². The van der Waals surface area contributed by atoms with Crippen molar-refractivity contribution in [1.82, 2.24) is 25.2 Å². The molecule has 5 rings (SSSR count). The lowest BCUT2D eigenvalue weighted by molar-refractivity contribution is 0.0944. The number of carbonyl (C=O) groups excluding carboxylic acids is 1. The quantitative estimate of drug-likeness (QED) is 0.733. The van der Waals surface area contributed by atoms with Gasteiger partial charge in [-0.05, 0) is 24.6 Å². The number of nitrogens with one attached hydrogen (secondary N) is 1. The summed E-state index contributed by atoms with van der Waals surface area (Å²) in [6.07, 6.45) is 2.44. The van der Waals surface area contributed by atoms with Crippen LogP contribution in [-0.2, 0) is 13.0 Å². The molecule has 4 heterocycles. The Bertz CT molecular complexity index is 1040. The Hall–Kier alpha value is -2.58. The summed E-state index contributed by atoms with van der Waals surface area (Å²) in [6, 6.07) is 6.61. The maximum atomic E-state index is 11.9. The molecule has 0 saturated carbocycles. The number of benzene rings is 1. The molecule has 1 fully saturated rings. The van der Waals surface area contributed by atoms with Crippen LogP contribution in [0.1, 0.15) is 26.6 Å². The van der Waals surface area contributed by atoms with E-state index < -0.39 is 0 Å². The van der Waals surface area contributed by atoms with Crippen molar-refractivity contribution in [2.75, 3.05) is 37.6 Å². The SMILES string of the molecule is Cc1nc2cc(CN3CCN(c4ncc5c(n4)CCNC5=O)CC3)ccc2s1. The normalized spacial score (nSPS) is 17.6. The molecule has 0 unspecified atom stereocenters. The molecule has 28 heavy (non-hydrogen) atoms. The third-order valence-corrected chi connectivity index (χ3v) is 6.32. The summed E-state index contributed by atoms with van der Waals surface area (Å²) in [4.78, 5) is 30.2. The summed E-state index contributed by atoms with van der Waals surface area (Å²) in [5, 5.41) is 3.95. The van der Waals surface area contributed by atoms with E-state index in [4.69, 9.17) is 0 Å². The van der Waals surface area contributed by atoms with Gasteiger partial charge in [0.25, 0.3) is 5.91 Å². The van der Waals surface area contributed by atoms with Crippen LogP contribution in [0.25, 0.3) is 10.2 Å². The van der Waals surface area contributed by atoms with Crippen molar-refractivity contribution in [2.45, 2.75) is 19.9 Å². The summed E-state index contributed by atoms with van der Waals surface area (Å²) in [5.41, 5.74) is 3.89. The van der Waals surface area contributed by atoms with Gasteiger partial charge in [0.2, 0.25) is 5.95 Å². The van der Waals surface area contributed by atoms with Crippen molar-refractivity contribution in [2.24, 2.45) is 0 Å². The number of fused-ring (bicyclic) bond motifs is 2. The van der Waals surface area contributed by atoms with Crippen LogP contribution in [0.2, 0.25) is 0 Å². The number of amides is 1. The molecule has 1 saturated heterocycles. The monoisotopic (exact) mass is 394 g/mol. The minimum Gasteiger partial charge on any atom is -0.352 e. The lowest BCUT2D eigenvalue weighted by Gasteiger charge is -2.35. The summed E-state index contributed by atoms with van der Waals surface area (Å²) in [5.74, 6) is 0.678. The van der Waals surface area contributed by atoms with Crippen molar-refractivity contribution < 1.29 is 4.79 Å². The van der Waals surface area contributed by atoms with E-state index in [0.29, 0.717) is 12.1 Å². The Morgan fingerprint density at radius 1 is 1.18 bits per heavy atom. The van der Waals surface area contributed by atoms with E-state index in [-0.39, 0.29) is 5.91 Å². The first-order valence-electron chi connectivity index (χ1n) is 9.63. The molecule has 1 N–H and O–H groups in total. The average Bonchev–Trinajstić information content (AvgIpc) is 3.08. The highest BCUT2D eigenvalue weighted by Gasteiger charge is 2.23. The number of aromatic nitrogens is 3. The third-order valence-electron chi connectivity index (χ3n) is 5.37. The third kappa shape index (κ3) is 3.33. The first-order valence-corrected chi connectivity index (χ1v) is 10.4. The molecule has 0 atom stereocenters. The molecule has 3 aromatic rings. The number of rotatable bonds is 3. The molecule has 1 amide bonds. The lowest BCUT2D eigenvalue weighted by Crippen LogP contribution is -2.46. The zero-order valence-electron chi connectivity index (χ0n) is 15.8. The number of piperazine rings is 1. The van der Waals surface area contributed by atoms with Crippen LogP contribution >= 0.6 is 11.3 Å². The molecule has 144 valence electrons. The molecule has 2 aliphatic rings. The summed E-state index contributed by atoms with van der Waals surface area (Å²) < 4.78 is 1.25. The minimum absolute atomic E-state index is 0.0649. The van der Waals surface area contributed by atoms with E-state index in [9.17, 15) is 4.79 Å². The smallest absolute Gasteiger partial charge is 0.254 e. The first kappa shape index (κ1) is 17.5. The van der Waals surface area contributed by atoms with Gasteiger partial charge in [-0.25, -0.2) is 15.0 Å². The van der Waals surface area contributed by atoms with Crippen LogP contribution < -0.4 is 10.2 Å². The number of carbonyl (C=O) groups is 1. The molecule has 0 bridgehead atoms. The van der Waals surface area contributed by atoms with E-state index in [1.807, 2.05) is 0 Å². The van der Waals surface area contributed by atoms with E-state index >= 15 is 0 Å². The Balaban J connectivity index is 1.24. The Kier molecular flexibility index (Phi) is 4.44. The van der Waals surface area contributed by atoms with Gasteiger partial charge in [0.15, 0.2) is 0 Å². The second kappa shape index (κ2) is 7.10. The van der Waals surface area contributed by atoms with Crippen LogP contribution in [0.4, 0.5) is 5.95 Å². The molecule has 7 nitrogen and oxygen atoms in total. The fourth-order valence-electron chi connectivity index (χ4n) is 3.88. The first-order chi connectivity index (χ1) is 13.7. The van der Waals surface area contributed by atoms with Gasteiger partial charge in [0.05, 0.1) is 26.5 Å². The highest BCUT2D eigenvalue weighted by molar-refractivity contribution is 7.18. The number of hydrogen-bond acceptors (Lipinski definition) is 7. The molecule has 2 aromatic heterocycles. The van der Waals surface area contributed by atoms with Gasteiger partial charge in [0, 0.05) is 51.9 Å². The highest BCUT2D eigenvalue weighted by atomic mass is 32.1. The molecule has 0 radical (unpaired) electrons. The molecule has 0 aliphatic carbocycles. The summed E-state index contributed by atoms with van der Waals surface area (Å²) in [6.45, 7) is 7.36. The number of thiazole rings is 1. The average molecular weight is 395 g/mol. The van der Waals surface area contributed by atoms with E-state index in [1.54, 1.807) is 17.5 Å². The fraction of sp³-hybridized carbons (Fsp3) is 0.400. The Labute approximate surface area is 167 Å². The van der Waals surface area contributed by atoms with Gasteiger partial charge < -0.3 is 10.2 Å². The van der Waals surface area contributed by atoms with E-state index in [0.717, 1.165) is 61.3 Å². The highest BCUT2D eigenvalue weighted by Crippen LogP contribution is 2.23. The molecule has 2 aliphatic heterocycles. The Morgan fingerprint density at radius 3 is 2.89 bits per heavy atom. The molecular weight excluding hydrogens is 372 g/mol. The van der Waals surface area contributed by atoms with Crippen LogP contribution in [0.15, 0.2) is 24.4 Å². The second-order valence-electron chi connectivity index (χ2n) is 7.33. The predicted octanol–water partition coefficient (Wildman–Crippen LogP) is 2.00. The number of anilines is 1. The van der Waals surface area contributed by atoms with Crippen molar-refractivity contribution in [1.29, 1.82) is 0 Å². The van der Waals surface area contributed by atoms with Crippen molar-refractivity contribution >= 4 is 33.4 Å². The lowest BCUT2D eigenvalue weighted by atomic mass is 10.1.